The normalized spacial score (nSPS) is 18.0. The van der Waals surface area contributed by atoms with Crippen molar-refractivity contribution in [1.29, 1.82) is 0 Å². The number of nitrogens with zero attached hydrogens (tertiary/aromatic N) is 3. The van der Waals surface area contributed by atoms with Gasteiger partial charge in [-0.25, -0.2) is 0 Å². The van der Waals surface area contributed by atoms with Gasteiger partial charge in [0.1, 0.15) is 0 Å². The molecule has 0 amide bonds. The molecule has 0 bridgehead atoms. The summed E-state index contributed by atoms with van der Waals surface area (Å²) in [4.78, 5) is 9.75. The molecule has 1 aliphatic heterocycles. The monoisotopic (exact) mass is 389 g/mol. The molecule has 0 spiro atoms. The molecule has 1 fully saturated rings. The molecule has 0 saturated carbocycles. The number of nitrogens with one attached hydrogen (secondary N) is 2. The van der Waals surface area contributed by atoms with Gasteiger partial charge in [-0.15, -0.1) is 0 Å². The highest BCUT2D eigenvalue weighted by molar-refractivity contribution is 5.79. The average molecular weight is 390 g/mol. The summed E-state index contributed by atoms with van der Waals surface area (Å²) in [7, 11) is 3.89. The predicted molar refractivity (Wildman–Crippen MR) is 118 cm³/mol. The van der Waals surface area contributed by atoms with Crippen LogP contribution in [0.2, 0.25) is 0 Å². The van der Waals surface area contributed by atoms with Gasteiger partial charge in [-0.1, -0.05) is 30.3 Å². The molecule has 1 unspecified atom stereocenters. The number of guanidine groups is 1. The molecule has 0 aliphatic carbocycles. The number of rotatable bonds is 12. The second-order valence-corrected chi connectivity index (χ2v) is 7.55. The number of hydrogen-bond acceptors (Lipinski definition) is 4. The van der Waals surface area contributed by atoms with Crippen molar-refractivity contribution in [2.45, 2.75) is 38.8 Å². The highest BCUT2D eigenvalue weighted by Crippen LogP contribution is 2.20. The van der Waals surface area contributed by atoms with Crippen LogP contribution in [0.5, 0.6) is 0 Å². The second-order valence-electron chi connectivity index (χ2n) is 7.55. The van der Waals surface area contributed by atoms with Gasteiger partial charge >= 0.3 is 0 Å². The molecule has 1 atom stereocenters. The van der Waals surface area contributed by atoms with Gasteiger partial charge in [0.15, 0.2) is 5.96 Å². The fourth-order valence-corrected chi connectivity index (χ4v) is 3.58. The van der Waals surface area contributed by atoms with E-state index in [4.69, 9.17) is 9.73 Å². The lowest BCUT2D eigenvalue weighted by Gasteiger charge is -2.23. The van der Waals surface area contributed by atoms with Gasteiger partial charge < -0.3 is 20.3 Å². The highest BCUT2D eigenvalue weighted by Gasteiger charge is 2.24. The zero-order valence-electron chi connectivity index (χ0n) is 18.0. The summed E-state index contributed by atoms with van der Waals surface area (Å²) in [5.41, 5.74) is 1.39. The quantitative estimate of drug-likeness (QED) is 0.326. The minimum Gasteiger partial charge on any atom is -0.383 e. The topological polar surface area (TPSA) is 52.1 Å². The third-order valence-corrected chi connectivity index (χ3v) is 5.22. The Labute approximate surface area is 171 Å². The van der Waals surface area contributed by atoms with Gasteiger partial charge in [0.2, 0.25) is 0 Å². The van der Waals surface area contributed by atoms with E-state index in [9.17, 15) is 0 Å². The Balaban J connectivity index is 1.75. The lowest BCUT2D eigenvalue weighted by atomic mass is 10.2. The van der Waals surface area contributed by atoms with Crippen molar-refractivity contribution >= 4 is 5.96 Å². The maximum Gasteiger partial charge on any atom is 0.191 e. The fraction of sp³-hybridized carbons (Fsp3) is 0.682. The van der Waals surface area contributed by atoms with Crippen molar-refractivity contribution in [2.75, 3.05) is 60.0 Å². The second kappa shape index (κ2) is 13.5. The summed E-state index contributed by atoms with van der Waals surface area (Å²) in [5, 5.41) is 6.86. The van der Waals surface area contributed by atoms with Crippen molar-refractivity contribution in [3.8, 4) is 0 Å². The van der Waals surface area contributed by atoms with Crippen molar-refractivity contribution in [2.24, 2.45) is 4.99 Å². The van der Waals surface area contributed by atoms with Crippen LogP contribution in [0.3, 0.4) is 0 Å². The summed E-state index contributed by atoms with van der Waals surface area (Å²) in [5.74, 6) is 0.939. The molecular weight excluding hydrogens is 350 g/mol. The molecule has 6 heteroatoms. The number of benzene rings is 1. The van der Waals surface area contributed by atoms with Crippen LogP contribution in [-0.2, 0) is 11.3 Å². The van der Waals surface area contributed by atoms with E-state index in [-0.39, 0.29) is 0 Å². The Morgan fingerprint density at radius 1 is 1.25 bits per heavy atom. The van der Waals surface area contributed by atoms with E-state index in [0.717, 1.165) is 58.3 Å². The van der Waals surface area contributed by atoms with Crippen LogP contribution >= 0.6 is 0 Å². The van der Waals surface area contributed by atoms with E-state index in [1.807, 2.05) is 0 Å². The third-order valence-electron chi connectivity index (χ3n) is 5.22. The first kappa shape index (κ1) is 22.7. The van der Waals surface area contributed by atoms with Crippen molar-refractivity contribution in [1.82, 2.24) is 20.4 Å². The van der Waals surface area contributed by atoms with E-state index in [1.54, 1.807) is 7.11 Å². The molecule has 1 aliphatic rings. The molecule has 2 rings (SSSR count). The molecule has 1 heterocycles. The summed E-state index contributed by atoms with van der Waals surface area (Å²) in [6.07, 6.45) is 3.60. The van der Waals surface area contributed by atoms with E-state index in [0.29, 0.717) is 6.04 Å². The first-order chi connectivity index (χ1) is 13.7. The molecule has 0 aromatic heterocycles. The standard InChI is InChI=1S/C22H39N5O/c1-4-23-22(24-13-9-14-26(2)16-17-28-3)25-18-21-12-8-15-27(21)19-20-10-6-5-7-11-20/h5-7,10-11,21H,4,8-9,12-19H2,1-3H3,(H2,23,24,25). The lowest BCUT2D eigenvalue weighted by molar-refractivity contribution is 0.161. The van der Waals surface area contributed by atoms with Gasteiger partial charge in [-0.3, -0.25) is 9.89 Å². The first-order valence-corrected chi connectivity index (χ1v) is 10.7. The minimum absolute atomic E-state index is 0.538. The Kier molecular flexibility index (Phi) is 10.9. The number of ether oxygens (including phenoxy) is 1. The summed E-state index contributed by atoms with van der Waals surface area (Å²) in [6, 6.07) is 11.3. The number of hydrogen-bond donors (Lipinski definition) is 2. The number of methoxy groups -OCH3 is 1. The number of likely N-dealkylation sites (N-methyl/N-ethyl adjacent to an activating group) is 1. The predicted octanol–water partition coefficient (Wildman–Crippen LogP) is 2.17. The summed E-state index contributed by atoms with van der Waals surface area (Å²) in [6.45, 7) is 9.82. The number of likely N-dealkylation sites (tertiary alicyclic amines) is 1. The molecule has 158 valence electrons. The summed E-state index contributed by atoms with van der Waals surface area (Å²) < 4.78 is 5.13. The molecule has 28 heavy (non-hydrogen) atoms. The maximum atomic E-state index is 5.13. The molecule has 1 aromatic carbocycles. The van der Waals surface area contributed by atoms with Gasteiger partial charge in [0.25, 0.3) is 0 Å². The van der Waals surface area contributed by atoms with Crippen molar-refractivity contribution in [3.05, 3.63) is 35.9 Å². The fourth-order valence-electron chi connectivity index (χ4n) is 3.58. The average Bonchev–Trinajstić information content (AvgIpc) is 3.15. The zero-order chi connectivity index (χ0) is 20.0. The van der Waals surface area contributed by atoms with Crippen LogP contribution in [0.4, 0.5) is 0 Å². The molecule has 2 N–H and O–H groups in total. The number of aliphatic imine (C=N–C) groups is 1. The van der Waals surface area contributed by atoms with Crippen LogP contribution in [0.1, 0.15) is 31.7 Å². The van der Waals surface area contributed by atoms with E-state index < -0.39 is 0 Å². The Morgan fingerprint density at radius 2 is 2.07 bits per heavy atom. The van der Waals surface area contributed by atoms with E-state index >= 15 is 0 Å². The van der Waals surface area contributed by atoms with Crippen molar-refractivity contribution in [3.63, 3.8) is 0 Å². The van der Waals surface area contributed by atoms with Crippen LogP contribution in [0.15, 0.2) is 35.3 Å². The maximum absolute atomic E-state index is 5.13. The molecule has 1 aromatic rings. The Morgan fingerprint density at radius 3 is 2.82 bits per heavy atom. The molecular formula is C22H39N5O. The van der Waals surface area contributed by atoms with Gasteiger partial charge in [-0.2, -0.15) is 0 Å². The largest absolute Gasteiger partial charge is 0.383 e. The minimum atomic E-state index is 0.538. The van der Waals surface area contributed by atoms with E-state index in [1.165, 1.54) is 24.9 Å². The summed E-state index contributed by atoms with van der Waals surface area (Å²) >= 11 is 0. The Hall–Kier alpha value is -1.63. The Bertz CT molecular complexity index is 551. The zero-order valence-corrected chi connectivity index (χ0v) is 18.0. The smallest absolute Gasteiger partial charge is 0.191 e. The van der Waals surface area contributed by atoms with Gasteiger partial charge in [0.05, 0.1) is 13.2 Å². The third kappa shape index (κ3) is 8.59. The molecule has 0 radical (unpaired) electrons. The van der Waals surface area contributed by atoms with Gasteiger partial charge in [0, 0.05) is 39.3 Å². The first-order valence-electron chi connectivity index (χ1n) is 10.7. The van der Waals surface area contributed by atoms with Crippen LogP contribution in [-0.4, -0.2) is 81.8 Å². The van der Waals surface area contributed by atoms with Gasteiger partial charge in [-0.05, 0) is 51.9 Å². The highest BCUT2D eigenvalue weighted by atomic mass is 16.5. The SMILES string of the molecule is CCNC(=NCC1CCCN1Cc1ccccc1)NCCCN(C)CCOC. The van der Waals surface area contributed by atoms with E-state index in [2.05, 4.69) is 64.7 Å². The molecule has 1 saturated heterocycles. The van der Waals surface area contributed by atoms with Crippen LogP contribution in [0.25, 0.3) is 0 Å². The molecule has 6 nitrogen and oxygen atoms in total. The van der Waals surface area contributed by atoms with Crippen LogP contribution in [0, 0.1) is 0 Å². The van der Waals surface area contributed by atoms with Crippen molar-refractivity contribution < 1.29 is 4.74 Å². The lowest BCUT2D eigenvalue weighted by Crippen LogP contribution is -2.40. The van der Waals surface area contributed by atoms with Crippen LogP contribution < -0.4 is 10.6 Å².